The van der Waals surface area contributed by atoms with E-state index in [4.69, 9.17) is 11.6 Å². The lowest BCUT2D eigenvalue weighted by atomic mass is 10.0. The van der Waals surface area contributed by atoms with Crippen molar-refractivity contribution in [1.82, 2.24) is 9.88 Å². The number of carbonyl (C=O) groups is 1. The number of aromatic nitrogens is 1. The maximum atomic E-state index is 12.8. The van der Waals surface area contributed by atoms with Crippen molar-refractivity contribution in [3.63, 3.8) is 0 Å². The number of rotatable bonds is 3. The largest absolute Gasteiger partial charge is 0.335 e. The first-order chi connectivity index (χ1) is 12.4. The van der Waals surface area contributed by atoms with Crippen LogP contribution in [-0.4, -0.2) is 48.8 Å². The Kier molecular flexibility index (Phi) is 4.49. The summed E-state index contributed by atoms with van der Waals surface area (Å²) < 4.78 is 23.2. The van der Waals surface area contributed by atoms with Crippen molar-refractivity contribution in [2.24, 2.45) is 0 Å². The molecule has 1 saturated carbocycles. The molecule has 1 aliphatic carbocycles. The minimum Gasteiger partial charge on any atom is -0.335 e. The molecule has 1 aliphatic heterocycles. The molecule has 5 nitrogen and oxygen atoms in total. The Morgan fingerprint density at radius 2 is 1.85 bits per heavy atom. The van der Waals surface area contributed by atoms with E-state index in [1.54, 1.807) is 11.0 Å². The van der Waals surface area contributed by atoms with Gasteiger partial charge in [-0.3, -0.25) is 4.79 Å². The molecule has 26 heavy (non-hydrogen) atoms. The normalized spacial score (nSPS) is 19.3. The monoisotopic (exact) mass is 390 g/mol. The maximum Gasteiger partial charge on any atom is 0.272 e. The summed E-state index contributed by atoms with van der Waals surface area (Å²) in [4.78, 5) is 19.0. The Labute approximate surface area is 157 Å². The number of amides is 1. The fraction of sp³-hybridized carbons (Fsp3) is 0.368. The quantitative estimate of drug-likeness (QED) is 0.807. The van der Waals surface area contributed by atoms with E-state index in [0.29, 0.717) is 16.6 Å². The van der Waals surface area contributed by atoms with Crippen molar-refractivity contribution < 1.29 is 13.2 Å². The molecule has 1 saturated heterocycles. The molecule has 0 radical (unpaired) electrons. The molecule has 1 aromatic heterocycles. The first-order valence-corrected chi connectivity index (χ1v) is 10.9. The van der Waals surface area contributed by atoms with Crippen molar-refractivity contribution >= 4 is 27.3 Å². The van der Waals surface area contributed by atoms with Crippen LogP contribution >= 0.6 is 11.6 Å². The van der Waals surface area contributed by atoms with Crippen LogP contribution in [0, 0.1) is 0 Å². The van der Waals surface area contributed by atoms with Crippen LogP contribution in [0.5, 0.6) is 0 Å². The lowest BCUT2D eigenvalue weighted by Crippen LogP contribution is -2.44. The van der Waals surface area contributed by atoms with E-state index in [0.717, 1.165) is 29.7 Å². The number of benzene rings is 1. The van der Waals surface area contributed by atoms with Gasteiger partial charge in [0.05, 0.1) is 17.2 Å². The van der Waals surface area contributed by atoms with Crippen LogP contribution in [0.2, 0.25) is 5.02 Å². The summed E-state index contributed by atoms with van der Waals surface area (Å²) in [7, 11) is -3.03. The number of sulfone groups is 1. The molecular weight excluding hydrogens is 372 g/mol. The van der Waals surface area contributed by atoms with E-state index in [2.05, 4.69) is 4.98 Å². The second kappa shape index (κ2) is 6.67. The molecule has 2 aliphatic rings. The highest BCUT2D eigenvalue weighted by molar-refractivity contribution is 7.91. The van der Waals surface area contributed by atoms with Gasteiger partial charge in [0.25, 0.3) is 5.91 Å². The summed E-state index contributed by atoms with van der Waals surface area (Å²) >= 11 is 6.13. The highest BCUT2D eigenvalue weighted by Crippen LogP contribution is 2.44. The van der Waals surface area contributed by atoms with Crippen molar-refractivity contribution in [3.8, 4) is 11.3 Å². The summed E-state index contributed by atoms with van der Waals surface area (Å²) in [6.07, 6.45) is 2.26. The summed E-state index contributed by atoms with van der Waals surface area (Å²) in [5.41, 5.74) is 3.19. The molecule has 0 spiro atoms. The Hall–Kier alpha value is -1.92. The molecule has 2 aromatic rings. The molecule has 4 rings (SSSR count). The van der Waals surface area contributed by atoms with E-state index in [9.17, 15) is 13.2 Å². The number of pyridine rings is 1. The molecule has 2 fully saturated rings. The van der Waals surface area contributed by atoms with Crippen molar-refractivity contribution in [2.75, 3.05) is 24.6 Å². The van der Waals surface area contributed by atoms with Gasteiger partial charge in [-0.1, -0.05) is 29.8 Å². The summed E-state index contributed by atoms with van der Waals surface area (Å²) in [6, 6.07) is 11.2. The molecule has 2 heterocycles. The zero-order valence-corrected chi connectivity index (χ0v) is 15.8. The Morgan fingerprint density at radius 1 is 1.12 bits per heavy atom. The minimum absolute atomic E-state index is 0.0139. The number of hydrogen-bond donors (Lipinski definition) is 0. The highest BCUT2D eigenvalue weighted by Gasteiger charge is 2.30. The average molecular weight is 391 g/mol. The minimum atomic E-state index is -3.03. The van der Waals surface area contributed by atoms with Crippen molar-refractivity contribution in [1.29, 1.82) is 0 Å². The third-order valence-corrected chi connectivity index (χ3v) is 6.74. The number of hydrogen-bond acceptors (Lipinski definition) is 4. The third kappa shape index (κ3) is 3.62. The summed E-state index contributed by atoms with van der Waals surface area (Å²) in [5, 5.41) is 0.629. The predicted octanol–water partition coefficient (Wildman–Crippen LogP) is 3.15. The molecular formula is C19H19ClN2O3S. The summed E-state index contributed by atoms with van der Waals surface area (Å²) in [6.45, 7) is 0.444. The molecule has 0 bridgehead atoms. The fourth-order valence-corrected chi connectivity index (χ4v) is 4.65. The van der Waals surface area contributed by atoms with Crippen LogP contribution in [0.1, 0.15) is 34.8 Å². The van der Waals surface area contributed by atoms with Crippen LogP contribution in [0.15, 0.2) is 36.4 Å². The van der Waals surface area contributed by atoms with E-state index in [1.165, 1.54) is 0 Å². The number of halogens is 1. The van der Waals surface area contributed by atoms with E-state index in [1.807, 2.05) is 30.3 Å². The lowest BCUT2D eigenvalue weighted by molar-refractivity contribution is 0.0764. The average Bonchev–Trinajstić information content (AvgIpc) is 3.46. The number of nitrogens with zero attached hydrogens (tertiary/aromatic N) is 2. The van der Waals surface area contributed by atoms with Gasteiger partial charge in [-0.05, 0) is 42.5 Å². The van der Waals surface area contributed by atoms with E-state index in [-0.39, 0.29) is 30.5 Å². The smallest absolute Gasteiger partial charge is 0.272 e. The third-order valence-electron chi connectivity index (χ3n) is 4.89. The number of carbonyl (C=O) groups excluding carboxylic acids is 1. The van der Waals surface area contributed by atoms with Crippen LogP contribution in [0.25, 0.3) is 11.3 Å². The van der Waals surface area contributed by atoms with Gasteiger partial charge in [0, 0.05) is 23.7 Å². The van der Waals surface area contributed by atoms with Crippen LogP contribution in [-0.2, 0) is 9.84 Å². The van der Waals surface area contributed by atoms with Gasteiger partial charge in [0.1, 0.15) is 5.69 Å². The summed E-state index contributed by atoms with van der Waals surface area (Å²) in [5.74, 6) is 0.298. The Bertz CT molecular complexity index is 956. The van der Waals surface area contributed by atoms with Gasteiger partial charge in [0.15, 0.2) is 9.84 Å². The zero-order chi connectivity index (χ0) is 18.3. The predicted molar refractivity (Wildman–Crippen MR) is 101 cm³/mol. The second-order valence-electron chi connectivity index (χ2n) is 6.86. The van der Waals surface area contributed by atoms with Gasteiger partial charge < -0.3 is 4.90 Å². The van der Waals surface area contributed by atoms with E-state index >= 15 is 0 Å². The molecule has 136 valence electrons. The van der Waals surface area contributed by atoms with Crippen molar-refractivity contribution in [2.45, 2.75) is 18.8 Å². The fourth-order valence-electron chi connectivity index (χ4n) is 3.26. The topological polar surface area (TPSA) is 67.3 Å². The Balaban J connectivity index is 1.67. The van der Waals surface area contributed by atoms with Gasteiger partial charge in [-0.25, -0.2) is 13.4 Å². The highest BCUT2D eigenvalue weighted by atomic mass is 35.5. The SMILES string of the molecule is O=C(c1ccc(C2CC2)c(-c2cccc(Cl)c2)n1)N1CCS(=O)(=O)CC1. The molecule has 0 unspecified atom stereocenters. The van der Waals surface area contributed by atoms with Crippen LogP contribution in [0.3, 0.4) is 0 Å². The molecule has 1 amide bonds. The van der Waals surface area contributed by atoms with Crippen LogP contribution in [0.4, 0.5) is 0 Å². The van der Waals surface area contributed by atoms with Crippen molar-refractivity contribution in [3.05, 3.63) is 52.7 Å². The molecule has 0 atom stereocenters. The molecule has 1 aromatic carbocycles. The molecule has 0 N–H and O–H groups in total. The van der Waals surface area contributed by atoms with Gasteiger partial charge >= 0.3 is 0 Å². The lowest BCUT2D eigenvalue weighted by Gasteiger charge is -2.26. The molecule has 7 heteroatoms. The Morgan fingerprint density at radius 3 is 2.50 bits per heavy atom. The zero-order valence-electron chi connectivity index (χ0n) is 14.2. The van der Waals surface area contributed by atoms with Gasteiger partial charge in [0.2, 0.25) is 0 Å². The van der Waals surface area contributed by atoms with E-state index < -0.39 is 9.84 Å². The van der Waals surface area contributed by atoms with Crippen LogP contribution < -0.4 is 0 Å². The second-order valence-corrected chi connectivity index (χ2v) is 9.60. The maximum absolute atomic E-state index is 12.8. The van der Waals surface area contributed by atoms with Gasteiger partial charge in [-0.2, -0.15) is 0 Å². The standard InChI is InChI=1S/C19H19ClN2O3S/c20-15-3-1-2-14(12-15)18-16(13-4-5-13)6-7-17(21-18)19(23)22-8-10-26(24,25)11-9-22/h1-3,6-7,12-13H,4-5,8-11H2. The van der Waals surface area contributed by atoms with Gasteiger partial charge in [-0.15, -0.1) is 0 Å². The first-order valence-electron chi connectivity index (χ1n) is 8.69. The first kappa shape index (κ1) is 17.5.